The van der Waals surface area contributed by atoms with Crippen LogP contribution in [0.1, 0.15) is 40.0 Å². The van der Waals surface area contributed by atoms with Gasteiger partial charge < -0.3 is 23.7 Å². The third kappa shape index (κ3) is 16.1. The molecule has 0 amide bonds. The lowest BCUT2D eigenvalue weighted by atomic mass is 10.2. The van der Waals surface area contributed by atoms with Crippen LogP contribution in [-0.2, 0) is 23.7 Å². The van der Waals surface area contributed by atoms with Crippen molar-refractivity contribution in [3.05, 3.63) is 24.3 Å². The van der Waals surface area contributed by atoms with Crippen molar-refractivity contribution in [1.82, 2.24) is 0 Å². The molecule has 0 aliphatic heterocycles. The number of unbranched alkanes of at least 4 members (excludes halogenated alkanes) is 1. The molecule has 24 heavy (non-hydrogen) atoms. The Morgan fingerprint density at radius 3 is 2.38 bits per heavy atom. The Hall–Kier alpha value is -0.720. The summed E-state index contributed by atoms with van der Waals surface area (Å²) in [5.74, 6) is 0. The zero-order valence-electron chi connectivity index (χ0n) is 15.8. The number of hydrogen-bond acceptors (Lipinski definition) is 5. The average molecular weight is 344 g/mol. The van der Waals surface area contributed by atoms with Crippen LogP contribution < -0.4 is 0 Å². The summed E-state index contributed by atoms with van der Waals surface area (Å²) < 4.78 is 27.4. The predicted molar refractivity (Wildman–Crippen MR) is 97.3 cm³/mol. The van der Waals surface area contributed by atoms with Crippen LogP contribution in [0.15, 0.2) is 24.3 Å². The van der Waals surface area contributed by atoms with Crippen molar-refractivity contribution < 1.29 is 23.7 Å². The second kappa shape index (κ2) is 18.6. The fourth-order valence-corrected chi connectivity index (χ4v) is 1.88. The Bertz CT molecular complexity index is 304. The molecule has 0 bridgehead atoms. The Balaban J connectivity index is 3.43. The molecule has 0 aliphatic rings. The molecule has 0 aliphatic carbocycles. The molecule has 0 radical (unpaired) electrons. The maximum atomic E-state index is 5.67. The van der Waals surface area contributed by atoms with E-state index in [-0.39, 0.29) is 6.29 Å². The molecule has 0 aromatic carbocycles. The van der Waals surface area contributed by atoms with Crippen molar-refractivity contribution >= 4 is 0 Å². The average Bonchev–Trinajstić information content (AvgIpc) is 2.59. The highest BCUT2D eigenvalue weighted by atomic mass is 16.7. The Labute approximate surface area is 147 Å². The van der Waals surface area contributed by atoms with Gasteiger partial charge in [-0.15, -0.1) is 0 Å². The van der Waals surface area contributed by atoms with Crippen molar-refractivity contribution in [1.29, 1.82) is 0 Å². The monoisotopic (exact) mass is 344 g/mol. The van der Waals surface area contributed by atoms with Gasteiger partial charge in [0.15, 0.2) is 6.29 Å². The van der Waals surface area contributed by atoms with E-state index in [1.54, 1.807) is 0 Å². The maximum absolute atomic E-state index is 5.67. The number of hydrogen-bond donors (Lipinski definition) is 0. The van der Waals surface area contributed by atoms with Crippen molar-refractivity contribution in [3.63, 3.8) is 0 Å². The number of rotatable bonds is 18. The molecular weight excluding hydrogens is 308 g/mol. The fourth-order valence-electron chi connectivity index (χ4n) is 1.88. The first kappa shape index (κ1) is 23.3. The minimum atomic E-state index is -0.107. The Kier molecular flexibility index (Phi) is 18.1. The van der Waals surface area contributed by atoms with Crippen molar-refractivity contribution in [2.24, 2.45) is 0 Å². The molecule has 0 heterocycles. The van der Waals surface area contributed by atoms with E-state index in [1.165, 1.54) is 0 Å². The molecule has 0 fully saturated rings. The molecule has 5 heteroatoms. The summed E-state index contributed by atoms with van der Waals surface area (Å²) in [5, 5.41) is 0. The minimum absolute atomic E-state index is 0.107. The van der Waals surface area contributed by atoms with E-state index in [2.05, 4.69) is 13.5 Å². The van der Waals surface area contributed by atoms with Gasteiger partial charge in [-0.3, -0.25) is 0 Å². The Morgan fingerprint density at radius 2 is 1.67 bits per heavy atom. The molecular formula is C19H36O5. The van der Waals surface area contributed by atoms with Crippen molar-refractivity contribution in [2.75, 3.05) is 52.9 Å². The number of ether oxygens (including phenoxy) is 5. The van der Waals surface area contributed by atoms with Gasteiger partial charge in [-0.2, -0.15) is 0 Å². The summed E-state index contributed by atoms with van der Waals surface area (Å²) in [6.07, 6.45) is 6.95. The lowest BCUT2D eigenvalue weighted by Crippen LogP contribution is -2.20. The van der Waals surface area contributed by atoms with Crippen LogP contribution in [0.2, 0.25) is 0 Å². The first-order chi connectivity index (χ1) is 11.7. The molecule has 0 rings (SSSR count). The lowest BCUT2D eigenvalue weighted by Gasteiger charge is -2.17. The smallest absolute Gasteiger partial charge is 0.157 e. The summed E-state index contributed by atoms with van der Waals surface area (Å²) in [6.45, 7) is 14.7. The zero-order chi connectivity index (χ0) is 17.9. The van der Waals surface area contributed by atoms with Gasteiger partial charge in [-0.1, -0.05) is 32.1 Å². The van der Waals surface area contributed by atoms with Crippen LogP contribution in [0.4, 0.5) is 0 Å². The third-order valence-corrected chi connectivity index (χ3v) is 3.11. The Morgan fingerprint density at radius 1 is 0.917 bits per heavy atom. The zero-order valence-corrected chi connectivity index (χ0v) is 15.8. The van der Waals surface area contributed by atoms with Gasteiger partial charge in [0.1, 0.15) is 0 Å². The van der Waals surface area contributed by atoms with E-state index >= 15 is 0 Å². The van der Waals surface area contributed by atoms with Gasteiger partial charge in [-0.25, -0.2) is 0 Å². The molecule has 0 aromatic rings. The predicted octanol–water partition coefficient (Wildman–Crippen LogP) is 3.74. The van der Waals surface area contributed by atoms with Gasteiger partial charge in [0.05, 0.1) is 39.6 Å². The quantitative estimate of drug-likeness (QED) is 0.215. The molecule has 0 N–H and O–H groups in total. The normalized spacial score (nSPS) is 12.8. The van der Waals surface area contributed by atoms with Crippen LogP contribution in [0, 0.1) is 0 Å². The molecule has 142 valence electrons. The molecule has 0 spiro atoms. The van der Waals surface area contributed by atoms with Gasteiger partial charge >= 0.3 is 0 Å². The fraction of sp³-hybridized carbons (Fsp3) is 0.789. The first-order valence-corrected chi connectivity index (χ1v) is 9.05. The van der Waals surface area contributed by atoms with E-state index in [0.717, 1.165) is 24.8 Å². The van der Waals surface area contributed by atoms with Gasteiger partial charge in [0.25, 0.3) is 0 Å². The summed E-state index contributed by atoms with van der Waals surface area (Å²) >= 11 is 0. The minimum Gasteiger partial charge on any atom is -0.377 e. The van der Waals surface area contributed by atoms with E-state index in [0.29, 0.717) is 52.9 Å². The highest BCUT2D eigenvalue weighted by Gasteiger charge is 2.07. The highest BCUT2D eigenvalue weighted by Crippen LogP contribution is 2.06. The van der Waals surface area contributed by atoms with Crippen LogP contribution in [0.3, 0.4) is 0 Å². The molecule has 5 nitrogen and oxygen atoms in total. The molecule has 0 saturated carbocycles. The molecule has 1 atom stereocenters. The molecule has 0 saturated heterocycles. The van der Waals surface area contributed by atoms with Crippen LogP contribution in [0.5, 0.6) is 0 Å². The molecule has 1 unspecified atom stereocenters. The standard InChI is InChI=1S/C19H36O5/c1-5-8-11-19(23-7-3)24-16-15-22-14-13-21-12-9-10-18(4)17-20-6-2/h9-10,19H,4-8,11-17H2,1-3H3/b10-9-. The van der Waals surface area contributed by atoms with E-state index < -0.39 is 0 Å². The van der Waals surface area contributed by atoms with Crippen LogP contribution >= 0.6 is 0 Å². The van der Waals surface area contributed by atoms with Crippen molar-refractivity contribution in [2.45, 2.75) is 46.3 Å². The van der Waals surface area contributed by atoms with Crippen LogP contribution in [0.25, 0.3) is 0 Å². The maximum Gasteiger partial charge on any atom is 0.157 e. The summed E-state index contributed by atoms with van der Waals surface area (Å²) in [6, 6.07) is 0. The van der Waals surface area contributed by atoms with Gasteiger partial charge in [0.2, 0.25) is 0 Å². The highest BCUT2D eigenvalue weighted by molar-refractivity contribution is 5.14. The summed E-state index contributed by atoms with van der Waals surface area (Å²) in [5.41, 5.74) is 0.945. The molecule has 0 aromatic heterocycles. The second-order valence-corrected chi connectivity index (χ2v) is 5.28. The second-order valence-electron chi connectivity index (χ2n) is 5.28. The van der Waals surface area contributed by atoms with Gasteiger partial charge in [0, 0.05) is 13.2 Å². The summed E-state index contributed by atoms with van der Waals surface area (Å²) in [4.78, 5) is 0. The van der Waals surface area contributed by atoms with E-state index in [9.17, 15) is 0 Å². The van der Waals surface area contributed by atoms with E-state index in [4.69, 9.17) is 23.7 Å². The largest absolute Gasteiger partial charge is 0.377 e. The first-order valence-electron chi connectivity index (χ1n) is 9.05. The van der Waals surface area contributed by atoms with Crippen LogP contribution in [-0.4, -0.2) is 59.1 Å². The van der Waals surface area contributed by atoms with Crippen molar-refractivity contribution in [3.8, 4) is 0 Å². The third-order valence-electron chi connectivity index (χ3n) is 3.11. The van der Waals surface area contributed by atoms with E-state index in [1.807, 2.05) is 26.0 Å². The van der Waals surface area contributed by atoms with Gasteiger partial charge in [-0.05, 0) is 32.3 Å². The topological polar surface area (TPSA) is 46.2 Å². The SMILES string of the molecule is C=C(/C=C\COCCOCCOC(CCCC)OCC)COCC. The lowest BCUT2D eigenvalue weighted by molar-refractivity contribution is -0.152. The summed E-state index contributed by atoms with van der Waals surface area (Å²) in [7, 11) is 0.